The molecule has 0 spiro atoms. The highest BCUT2D eigenvalue weighted by molar-refractivity contribution is 7.98. The van der Waals surface area contributed by atoms with Crippen molar-refractivity contribution >= 4 is 47.4 Å². The van der Waals surface area contributed by atoms with Gasteiger partial charge in [0.1, 0.15) is 18.1 Å². The Hall–Kier alpha value is -3.07. The number of aliphatic carboxylic acids is 2. The first-order valence-corrected chi connectivity index (χ1v) is 12.8. The van der Waals surface area contributed by atoms with Gasteiger partial charge in [-0.05, 0) is 43.6 Å². The third-order valence-corrected chi connectivity index (χ3v) is 5.52. The summed E-state index contributed by atoms with van der Waals surface area (Å²) in [6.45, 7) is 3.80. The van der Waals surface area contributed by atoms with Crippen molar-refractivity contribution in [1.29, 1.82) is 0 Å². The molecule has 0 aromatic rings. The van der Waals surface area contributed by atoms with Gasteiger partial charge in [-0.25, -0.2) is 4.79 Å². The van der Waals surface area contributed by atoms with Crippen molar-refractivity contribution in [3.63, 3.8) is 0 Å². The minimum absolute atomic E-state index is 0.0474. The molecule has 0 fully saturated rings. The zero-order valence-electron chi connectivity index (χ0n) is 20.9. The zero-order chi connectivity index (χ0) is 27.8. The van der Waals surface area contributed by atoms with Gasteiger partial charge in [0.25, 0.3) is 0 Å². The van der Waals surface area contributed by atoms with Crippen molar-refractivity contribution in [1.82, 2.24) is 16.0 Å². The summed E-state index contributed by atoms with van der Waals surface area (Å²) in [6, 6.07) is -4.75. The molecule has 206 valence electrons. The third kappa shape index (κ3) is 14.4. The molecule has 0 aliphatic rings. The summed E-state index contributed by atoms with van der Waals surface area (Å²) in [7, 11) is 0. The molecule has 11 N–H and O–H groups in total. The lowest BCUT2D eigenvalue weighted by Crippen LogP contribution is -2.57. The Balaban J connectivity index is 5.62. The van der Waals surface area contributed by atoms with E-state index in [1.807, 2.05) is 13.8 Å². The molecule has 0 aromatic heterocycles. The number of carbonyl (C=O) groups is 5. The number of aliphatic imine (C=N–C) groups is 1. The Bertz CT molecular complexity index is 791. The van der Waals surface area contributed by atoms with Gasteiger partial charge in [0, 0.05) is 6.54 Å². The quantitative estimate of drug-likeness (QED) is 0.0553. The van der Waals surface area contributed by atoms with Crippen LogP contribution in [-0.2, 0) is 24.0 Å². The molecule has 0 rings (SSSR count). The van der Waals surface area contributed by atoms with E-state index < -0.39 is 60.2 Å². The molecule has 0 heterocycles. The normalized spacial score (nSPS) is 14.1. The standard InChI is InChI=1S/C21H39N7O7S/c1-11(2)9-15(28-17(31)12(22)10-16(29)30)19(33)26-13(5-4-7-25-21(23)24)18(32)27-14(20(34)35)6-8-36-3/h11-15H,4-10,22H2,1-3H3,(H,26,33)(H,27,32)(H,28,31)(H,29,30)(H,34,35)(H4,23,24,25). The van der Waals surface area contributed by atoms with Crippen LogP contribution in [0.2, 0.25) is 0 Å². The topological polar surface area (TPSA) is 252 Å². The summed E-state index contributed by atoms with van der Waals surface area (Å²) < 4.78 is 0. The molecule has 0 radical (unpaired) electrons. The molecule has 4 unspecified atom stereocenters. The number of carboxylic acids is 2. The Morgan fingerprint density at radius 3 is 1.94 bits per heavy atom. The molecule has 4 atom stereocenters. The minimum Gasteiger partial charge on any atom is -0.481 e. The zero-order valence-corrected chi connectivity index (χ0v) is 21.7. The smallest absolute Gasteiger partial charge is 0.326 e. The van der Waals surface area contributed by atoms with E-state index in [2.05, 4.69) is 20.9 Å². The highest BCUT2D eigenvalue weighted by Gasteiger charge is 2.30. The summed E-state index contributed by atoms with van der Waals surface area (Å²) in [6.07, 6.45) is 1.94. The molecule has 0 saturated heterocycles. The first-order chi connectivity index (χ1) is 16.8. The van der Waals surface area contributed by atoms with Crippen LogP contribution in [0.15, 0.2) is 4.99 Å². The molecule has 0 aliphatic carbocycles. The SMILES string of the molecule is CSCCC(NC(=O)C(CCCN=C(N)N)NC(=O)C(CC(C)C)NC(=O)C(N)CC(=O)O)C(=O)O. The molecule has 14 nitrogen and oxygen atoms in total. The van der Waals surface area contributed by atoms with E-state index >= 15 is 0 Å². The second-order valence-corrected chi connectivity index (χ2v) is 9.57. The summed E-state index contributed by atoms with van der Waals surface area (Å²) in [5, 5.41) is 25.7. The van der Waals surface area contributed by atoms with Gasteiger partial charge in [0.15, 0.2) is 5.96 Å². The predicted octanol–water partition coefficient (Wildman–Crippen LogP) is -1.82. The Labute approximate surface area is 214 Å². The van der Waals surface area contributed by atoms with Gasteiger partial charge in [-0.15, -0.1) is 0 Å². The van der Waals surface area contributed by atoms with E-state index in [1.165, 1.54) is 11.8 Å². The van der Waals surface area contributed by atoms with Crippen LogP contribution in [-0.4, -0.2) is 88.6 Å². The summed E-state index contributed by atoms with van der Waals surface area (Å²) >= 11 is 1.42. The molecule has 36 heavy (non-hydrogen) atoms. The van der Waals surface area contributed by atoms with Crippen molar-refractivity contribution in [3.8, 4) is 0 Å². The van der Waals surface area contributed by atoms with Gasteiger partial charge in [0.2, 0.25) is 17.7 Å². The maximum atomic E-state index is 13.1. The molecule has 0 saturated carbocycles. The van der Waals surface area contributed by atoms with E-state index in [-0.39, 0.29) is 37.7 Å². The second kappa shape index (κ2) is 17.4. The number of hydrogen-bond donors (Lipinski definition) is 8. The van der Waals surface area contributed by atoms with Gasteiger partial charge >= 0.3 is 11.9 Å². The summed E-state index contributed by atoms with van der Waals surface area (Å²) in [5.74, 6) is -4.40. The average Bonchev–Trinajstić information content (AvgIpc) is 2.76. The molecular formula is C21H39N7O7S. The third-order valence-electron chi connectivity index (χ3n) is 4.87. The second-order valence-electron chi connectivity index (χ2n) is 8.59. The number of carbonyl (C=O) groups excluding carboxylic acids is 3. The number of nitrogens with one attached hydrogen (secondary N) is 3. The van der Waals surface area contributed by atoms with Gasteiger partial charge in [-0.1, -0.05) is 13.8 Å². The molecule has 3 amide bonds. The lowest BCUT2D eigenvalue weighted by Gasteiger charge is -2.26. The fraction of sp³-hybridized carbons (Fsp3) is 0.714. The van der Waals surface area contributed by atoms with E-state index in [0.29, 0.717) is 12.2 Å². The van der Waals surface area contributed by atoms with Gasteiger partial charge < -0.3 is 43.4 Å². The fourth-order valence-electron chi connectivity index (χ4n) is 3.07. The Morgan fingerprint density at radius 1 is 0.889 bits per heavy atom. The van der Waals surface area contributed by atoms with Gasteiger partial charge in [-0.3, -0.25) is 24.2 Å². The Morgan fingerprint density at radius 2 is 1.44 bits per heavy atom. The lowest BCUT2D eigenvalue weighted by atomic mass is 10.0. The van der Waals surface area contributed by atoms with Crippen LogP contribution in [0.4, 0.5) is 0 Å². The van der Waals surface area contributed by atoms with Crippen LogP contribution >= 0.6 is 11.8 Å². The number of hydrogen-bond acceptors (Lipinski definition) is 8. The molecule has 0 aliphatic heterocycles. The van der Waals surface area contributed by atoms with E-state index in [9.17, 15) is 29.1 Å². The van der Waals surface area contributed by atoms with E-state index in [4.69, 9.17) is 22.3 Å². The van der Waals surface area contributed by atoms with Crippen molar-refractivity contribution in [3.05, 3.63) is 0 Å². The number of rotatable bonds is 18. The maximum Gasteiger partial charge on any atom is 0.326 e. The molecule has 15 heteroatoms. The number of guanidine groups is 1. The number of thioether (sulfide) groups is 1. The molecule has 0 aromatic carbocycles. The Kier molecular flexibility index (Phi) is 15.9. The first kappa shape index (κ1) is 32.9. The summed E-state index contributed by atoms with van der Waals surface area (Å²) in [5.41, 5.74) is 16.2. The number of amides is 3. The maximum absolute atomic E-state index is 13.1. The van der Waals surface area contributed by atoms with Crippen molar-refractivity contribution < 1.29 is 34.2 Å². The fourth-order valence-corrected chi connectivity index (χ4v) is 3.54. The lowest BCUT2D eigenvalue weighted by molar-refractivity contribution is -0.142. The number of nitrogens with two attached hydrogens (primary N) is 3. The number of nitrogens with zero attached hydrogens (tertiary/aromatic N) is 1. The van der Waals surface area contributed by atoms with Crippen LogP contribution in [0.3, 0.4) is 0 Å². The summed E-state index contributed by atoms with van der Waals surface area (Å²) in [4.78, 5) is 64.5. The minimum atomic E-state index is -1.36. The van der Waals surface area contributed by atoms with Gasteiger partial charge in [-0.2, -0.15) is 11.8 Å². The average molecular weight is 534 g/mol. The van der Waals surface area contributed by atoms with Crippen LogP contribution in [0.1, 0.15) is 46.0 Å². The van der Waals surface area contributed by atoms with Crippen LogP contribution in [0.25, 0.3) is 0 Å². The van der Waals surface area contributed by atoms with E-state index in [0.717, 1.165) is 0 Å². The predicted molar refractivity (Wildman–Crippen MR) is 136 cm³/mol. The van der Waals surface area contributed by atoms with Crippen molar-refractivity contribution in [2.24, 2.45) is 28.1 Å². The van der Waals surface area contributed by atoms with Crippen molar-refractivity contribution in [2.75, 3.05) is 18.6 Å². The monoisotopic (exact) mass is 533 g/mol. The highest BCUT2D eigenvalue weighted by Crippen LogP contribution is 2.09. The van der Waals surface area contributed by atoms with Crippen LogP contribution in [0.5, 0.6) is 0 Å². The largest absolute Gasteiger partial charge is 0.481 e. The van der Waals surface area contributed by atoms with Crippen LogP contribution in [0, 0.1) is 5.92 Å². The first-order valence-electron chi connectivity index (χ1n) is 11.4. The molecule has 0 bridgehead atoms. The highest BCUT2D eigenvalue weighted by atomic mass is 32.2. The number of carboxylic acid groups (broad SMARTS) is 2. The van der Waals surface area contributed by atoms with Gasteiger partial charge in [0.05, 0.1) is 12.5 Å². The van der Waals surface area contributed by atoms with E-state index in [1.54, 1.807) is 6.26 Å². The van der Waals surface area contributed by atoms with Crippen LogP contribution < -0.4 is 33.2 Å². The molecular weight excluding hydrogens is 494 g/mol. The van der Waals surface area contributed by atoms with Crippen molar-refractivity contribution in [2.45, 2.75) is 70.1 Å².